The maximum atomic E-state index is 12.4. The third kappa shape index (κ3) is 4.04. The van der Waals surface area contributed by atoms with Crippen LogP contribution in [0.25, 0.3) is 10.8 Å². The molecule has 0 aliphatic rings. The zero-order chi connectivity index (χ0) is 18.5. The van der Waals surface area contributed by atoms with Crippen LogP contribution in [0.4, 0.5) is 0 Å². The lowest BCUT2D eigenvalue weighted by atomic mass is 10.1. The Morgan fingerprint density at radius 1 is 1.15 bits per heavy atom. The molecule has 0 unspecified atom stereocenters. The van der Waals surface area contributed by atoms with Crippen LogP contribution in [0.3, 0.4) is 0 Å². The van der Waals surface area contributed by atoms with Crippen LogP contribution in [-0.2, 0) is 11.3 Å². The smallest absolute Gasteiger partial charge is 0.260 e. The number of carbonyl (C=O) groups is 1. The first-order valence-electron chi connectivity index (χ1n) is 8.11. The van der Waals surface area contributed by atoms with E-state index < -0.39 is 0 Å². The molecule has 0 fully saturated rings. The van der Waals surface area contributed by atoms with Gasteiger partial charge in [0.25, 0.3) is 5.91 Å². The summed E-state index contributed by atoms with van der Waals surface area (Å²) in [5, 5.41) is 11.1. The summed E-state index contributed by atoms with van der Waals surface area (Å²) >= 11 is 3.56. The molecule has 3 aromatic rings. The minimum absolute atomic E-state index is 0.0502. The van der Waals surface area contributed by atoms with Gasteiger partial charge in [0.05, 0.1) is 16.1 Å². The van der Waals surface area contributed by atoms with Gasteiger partial charge in [0, 0.05) is 13.6 Å². The van der Waals surface area contributed by atoms with Gasteiger partial charge in [0.15, 0.2) is 6.61 Å². The van der Waals surface area contributed by atoms with E-state index in [1.165, 1.54) is 0 Å². The zero-order valence-corrected chi connectivity index (χ0v) is 15.9. The largest absolute Gasteiger partial charge is 0.483 e. The molecule has 0 aromatic heterocycles. The average Bonchev–Trinajstić information content (AvgIpc) is 2.67. The first-order valence-corrected chi connectivity index (χ1v) is 8.91. The number of halogens is 1. The lowest BCUT2D eigenvalue weighted by molar-refractivity contribution is -0.132. The molecule has 3 rings (SSSR count). The highest BCUT2D eigenvalue weighted by Crippen LogP contribution is 2.33. The summed E-state index contributed by atoms with van der Waals surface area (Å²) in [4.78, 5) is 14.0. The summed E-state index contributed by atoms with van der Waals surface area (Å²) in [6.45, 7) is 0.377. The fourth-order valence-corrected chi connectivity index (χ4v) is 3.28. The first-order chi connectivity index (χ1) is 12.6. The number of rotatable bonds is 5. The molecule has 3 aromatic carbocycles. The van der Waals surface area contributed by atoms with E-state index in [0.29, 0.717) is 17.9 Å². The molecule has 0 bridgehead atoms. The molecule has 0 atom stereocenters. The average molecular weight is 409 g/mol. The fourth-order valence-electron chi connectivity index (χ4n) is 2.68. The van der Waals surface area contributed by atoms with Crippen LogP contribution in [0.1, 0.15) is 11.1 Å². The van der Waals surface area contributed by atoms with Gasteiger partial charge in [-0.05, 0) is 50.5 Å². The molecule has 0 saturated heterocycles. The van der Waals surface area contributed by atoms with Crippen LogP contribution in [0.2, 0.25) is 0 Å². The number of nitrogens with zero attached hydrogens (tertiary/aromatic N) is 2. The molecule has 0 aliphatic heterocycles. The second-order valence-electron chi connectivity index (χ2n) is 5.95. The molecule has 0 saturated carbocycles. The van der Waals surface area contributed by atoms with Gasteiger partial charge in [0.2, 0.25) is 0 Å². The minimum Gasteiger partial charge on any atom is -0.483 e. The quantitative estimate of drug-likeness (QED) is 0.623. The Morgan fingerprint density at radius 3 is 2.77 bits per heavy atom. The van der Waals surface area contributed by atoms with Crippen molar-refractivity contribution in [3.63, 3.8) is 0 Å². The molecule has 5 heteroatoms. The van der Waals surface area contributed by atoms with Crippen LogP contribution >= 0.6 is 15.9 Å². The minimum atomic E-state index is -0.132. The van der Waals surface area contributed by atoms with Crippen molar-refractivity contribution in [3.05, 3.63) is 76.3 Å². The number of nitriles is 1. The second-order valence-corrected chi connectivity index (χ2v) is 6.74. The highest BCUT2D eigenvalue weighted by atomic mass is 79.9. The summed E-state index contributed by atoms with van der Waals surface area (Å²) < 4.78 is 6.56. The van der Waals surface area contributed by atoms with E-state index in [2.05, 4.69) is 22.0 Å². The molecule has 26 heavy (non-hydrogen) atoms. The van der Waals surface area contributed by atoms with E-state index in [4.69, 9.17) is 10.00 Å². The van der Waals surface area contributed by atoms with Gasteiger partial charge in [-0.3, -0.25) is 4.79 Å². The first kappa shape index (κ1) is 18.0. The summed E-state index contributed by atoms with van der Waals surface area (Å²) in [5.74, 6) is 0.504. The van der Waals surface area contributed by atoms with Gasteiger partial charge in [-0.1, -0.05) is 42.5 Å². The van der Waals surface area contributed by atoms with Crippen LogP contribution in [0.5, 0.6) is 5.75 Å². The van der Waals surface area contributed by atoms with E-state index >= 15 is 0 Å². The Morgan fingerprint density at radius 2 is 1.96 bits per heavy atom. The number of amides is 1. The Hall–Kier alpha value is -2.84. The number of hydrogen-bond donors (Lipinski definition) is 0. The third-order valence-corrected chi connectivity index (χ3v) is 4.90. The maximum absolute atomic E-state index is 12.4. The zero-order valence-electron chi connectivity index (χ0n) is 14.3. The second kappa shape index (κ2) is 8.03. The molecule has 0 radical (unpaired) electrons. The molecule has 0 aliphatic carbocycles. The van der Waals surface area contributed by atoms with Gasteiger partial charge in [0.1, 0.15) is 5.75 Å². The van der Waals surface area contributed by atoms with E-state index in [1.54, 1.807) is 24.1 Å². The van der Waals surface area contributed by atoms with Gasteiger partial charge < -0.3 is 9.64 Å². The SMILES string of the molecule is CN(Cc1cccc(C#N)c1)C(=O)COc1ccc2ccccc2c1Br. The predicted octanol–water partition coefficient (Wildman–Crippen LogP) is 4.51. The van der Waals surface area contributed by atoms with E-state index in [9.17, 15) is 4.79 Å². The van der Waals surface area contributed by atoms with Gasteiger partial charge in [-0.2, -0.15) is 5.26 Å². The molecule has 0 heterocycles. The number of hydrogen-bond acceptors (Lipinski definition) is 3. The van der Waals surface area contributed by atoms with Crippen LogP contribution in [0.15, 0.2) is 65.1 Å². The normalized spacial score (nSPS) is 10.3. The highest BCUT2D eigenvalue weighted by molar-refractivity contribution is 9.10. The summed E-state index contributed by atoms with van der Waals surface area (Å²) in [5.41, 5.74) is 1.49. The molecule has 0 N–H and O–H groups in total. The standard InChI is InChI=1S/C21H17BrN2O2/c1-24(13-16-6-4-5-15(11-16)12-23)20(25)14-26-19-10-9-17-7-2-3-8-18(17)21(19)22/h2-11H,13-14H2,1H3. The number of fused-ring (bicyclic) bond motifs is 1. The Balaban J connectivity index is 1.65. The van der Waals surface area contributed by atoms with Gasteiger partial charge in [-0.25, -0.2) is 0 Å². The molecular weight excluding hydrogens is 392 g/mol. The van der Waals surface area contributed by atoms with Crippen molar-refractivity contribution < 1.29 is 9.53 Å². The van der Waals surface area contributed by atoms with Crippen molar-refractivity contribution in [1.82, 2.24) is 4.90 Å². The Bertz CT molecular complexity index is 995. The number of ether oxygens (including phenoxy) is 1. The molecular formula is C21H17BrN2O2. The van der Waals surface area contributed by atoms with Crippen molar-refractivity contribution >= 4 is 32.6 Å². The maximum Gasteiger partial charge on any atom is 0.260 e. The third-order valence-electron chi connectivity index (χ3n) is 4.08. The van der Waals surface area contributed by atoms with E-state index in [1.807, 2.05) is 48.5 Å². The van der Waals surface area contributed by atoms with Crippen LogP contribution in [-0.4, -0.2) is 24.5 Å². The number of likely N-dealkylation sites (N-methyl/N-ethyl adjacent to an activating group) is 1. The monoisotopic (exact) mass is 408 g/mol. The topological polar surface area (TPSA) is 53.3 Å². The molecule has 130 valence electrons. The molecule has 4 nitrogen and oxygen atoms in total. The number of benzene rings is 3. The summed E-state index contributed by atoms with van der Waals surface area (Å²) in [6, 6.07) is 21.1. The van der Waals surface area contributed by atoms with Crippen molar-refractivity contribution in [3.8, 4) is 11.8 Å². The van der Waals surface area contributed by atoms with Crippen LogP contribution in [0, 0.1) is 11.3 Å². The summed E-state index contributed by atoms with van der Waals surface area (Å²) in [7, 11) is 1.72. The van der Waals surface area contributed by atoms with Crippen molar-refractivity contribution in [1.29, 1.82) is 5.26 Å². The van der Waals surface area contributed by atoms with Crippen molar-refractivity contribution in [2.45, 2.75) is 6.54 Å². The van der Waals surface area contributed by atoms with E-state index in [0.717, 1.165) is 20.8 Å². The lowest BCUT2D eigenvalue weighted by Crippen LogP contribution is -2.31. The molecule has 1 amide bonds. The van der Waals surface area contributed by atoms with Gasteiger partial charge >= 0.3 is 0 Å². The fraction of sp³-hybridized carbons (Fsp3) is 0.143. The Labute approximate surface area is 160 Å². The lowest BCUT2D eigenvalue weighted by Gasteiger charge is -2.18. The van der Waals surface area contributed by atoms with Gasteiger partial charge in [-0.15, -0.1) is 0 Å². The highest BCUT2D eigenvalue weighted by Gasteiger charge is 2.12. The Kier molecular flexibility index (Phi) is 5.55. The molecule has 0 spiro atoms. The van der Waals surface area contributed by atoms with E-state index in [-0.39, 0.29) is 12.5 Å². The van der Waals surface area contributed by atoms with Crippen LogP contribution < -0.4 is 4.74 Å². The number of carbonyl (C=O) groups excluding carboxylic acids is 1. The van der Waals surface area contributed by atoms with Crippen molar-refractivity contribution in [2.75, 3.05) is 13.7 Å². The predicted molar refractivity (Wildman–Crippen MR) is 105 cm³/mol. The summed E-state index contributed by atoms with van der Waals surface area (Å²) in [6.07, 6.45) is 0. The van der Waals surface area contributed by atoms with Crippen molar-refractivity contribution in [2.24, 2.45) is 0 Å².